The first-order chi connectivity index (χ1) is 10.1. The number of ether oxygens (including phenoxy) is 2. The molecule has 0 aliphatic rings. The van der Waals surface area contributed by atoms with Gasteiger partial charge in [-0.2, -0.15) is 0 Å². The maximum atomic E-state index is 11.4. The molecule has 114 valence electrons. The molecule has 0 saturated carbocycles. The van der Waals surface area contributed by atoms with Crippen molar-refractivity contribution in [1.29, 1.82) is 0 Å². The van der Waals surface area contributed by atoms with Gasteiger partial charge in [-0.1, -0.05) is 0 Å². The Bertz CT molecular complexity index is 518. The van der Waals surface area contributed by atoms with Gasteiger partial charge >= 0.3 is 0 Å². The monoisotopic (exact) mass is 298 g/mol. The molecule has 0 fully saturated rings. The molecule has 0 unspecified atom stereocenters. The maximum Gasteiger partial charge on any atom is 0.294 e. The minimum Gasteiger partial charge on any atom is -0.493 e. The Kier molecular flexibility index (Phi) is 6.45. The summed E-state index contributed by atoms with van der Waals surface area (Å²) in [5, 5.41) is 11.3. The third-order valence-electron chi connectivity index (χ3n) is 2.30. The van der Waals surface area contributed by atoms with Crippen molar-refractivity contribution >= 4 is 12.2 Å². The van der Waals surface area contributed by atoms with E-state index < -0.39 is 11.0 Å². The summed E-state index contributed by atoms with van der Waals surface area (Å²) in [6.07, 6.45) is 0.661. The van der Waals surface area contributed by atoms with Gasteiger partial charge in [0.15, 0.2) is 18.1 Å². The van der Waals surface area contributed by atoms with E-state index in [-0.39, 0.29) is 19.8 Å². The van der Waals surface area contributed by atoms with Crippen LogP contribution in [0.3, 0.4) is 0 Å². The zero-order valence-corrected chi connectivity index (χ0v) is 11.2. The first-order valence-electron chi connectivity index (χ1n) is 5.87. The van der Waals surface area contributed by atoms with Crippen LogP contribution in [0.4, 0.5) is 0 Å². The fourth-order valence-corrected chi connectivity index (χ4v) is 1.38. The zero-order valence-electron chi connectivity index (χ0n) is 11.2. The van der Waals surface area contributed by atoms with E-state index in [0.717, 1.165) is 0 Å². The van der Waals surface area contributed by atoms with Crippen molar-refractivity contribution in [2.75, 3.05) is 26.9 Å². The van der Waals surface area contributed by atoms with Gasteiger partial charge < -0.3 is 19.6 Å². The molecule has 21 heavy (non-hydrogen) atoms. The Morgan fingerprint density at radius 3 is 2.81 bits per heavy atom. The minimum atomic E-state index is -0.942. The summed E-state index contributed by atoms with van der Waals surface area (Å²) in [7, 11) is 1.41. The van der Waals surface area contributed by atoms with E-state index in [1.165, 1.54) is 25.3 Å². The molecular weight excluding hydrogens is 284 g/mol. The molecule has 1 aromatic carbocycles. The molecule has 0 radical (unpaired) electrons. The quantitative estimate of drug-likeness (QED) is 0.300. The summed E-state index contributed by atoms with van der Waals surface area (Å²) in [5.41, 5.74) is 0.417. The number of aldehydes is 1. The Morgan fingerprint density at radius 1 is 1.43 bits per heavy atom. The summed E-state index contributed by atoms with van der Waals surface area (Å²) in [6.45, 7) is -0.546. The molecule has 0 saturated heterocycles. The largest absolute Gasteiger partial charge is 0.493 e. The van der Waals surface area contributed by atoms with Crippen LogP contribution in [0.2, 0.25) is 0 Å². The number of nitrogens with one attached hydrogen (secondary N) is 1. The van der Waals surface area contributed by atoms with E-state index >= 15 is 0 Å². The van der Waals surface area contributed by atoms with E-state index in [1.807, 2.05) is 0 Å². The summed E-state index contributed by atoms with van der Waals surface area (Å²) in [5.74, 6) is 0.160. The lowest BCUT2D eigenvalue weighted by Gasteiger charge is -2.11. The molecule has 0 atom stereocenters. The first kappa shape index (κ1) is 16.2. The van der Waals surface area contributed by atoms with Crippen LogP contribution in [0.15, 0.2) is 18.2 Å². The Hall–Kier alpha value is -2.84. The lowest BCUT2D eigenvalue weighted by atomic mass is 10.2. The molecule has 0 aromatic heterocycles. The standard InChI is InChI=1S/C12H14N2O7/c1-19-11-6-9(7-15)2-3-10(11)20-8-12(16)13-4-5-21-14(17)18/h2-3,6-7H,4-5,8H2,1H3,(H,13,16). The van der Waals surface area contributed by atoms with Crippen molar-refractivity contribution in [3.8, 4) is 11.5 Å². The molecule has 9 nitrogen and oxygen atoms in total. The molecule has 1 rings (SSSR count). The number of hydrogen-bond acceptors (Lipinski definition) is 7. The molecule has 9 heteroatoms. The number of carbonyl (C=O) groups is 2. The number of benzene rings is 1. The highest BCUT2D eigenvalue weighted by atomic mass is 16.9. The SMILES string of the molecule is COc1cc(C=O)ccc1OCC(=O)NCCO[N+](=O)[O-]. The average Bonchev–Trinajstić information content (AvgIpc) is 2.49. The van der Waals surface area contributed by atoms with E-state index in [1.54, 1.807) is 0 Å². The maximum absolute atomic E-state index is 11.4. The van der Waals surface area contributed by atoms with E-state index in [9.17, 15) is 19.7 Å². The molecule has 0 aliphatic heterocycles. The van der Waals surface area contributed by atoms with Crippen LogP contribution in [0.5, 0.6) is 11.5 Å². The van der Waals surface area contributed by atoms with Crippen molar-refractivity contribution in [2.24, 2.45) is 0 Å². The molecule has 1 N–H and O–H groups in total. The normalized spacial score (nSPS) is 9.57. The molecule has 0 aliphatic carbocycles. The second-order valence-electron chi connectivity index (χ2n) is 3.72. The van der Waals surface area contributed by atoms with Crippen molar-refractivity contribution in [3.05, 3.63) is 33.9 Å². The smallest absolute Gasteiger partial charge is 0.294 e. The van der Waals surface area contributed by atoms with E-state index in [0.29, 0.717) is 23.3 Å². The van der Waals surface area contributed by atoms with Crippen LogP contribution in [0.1, 0.15) is 10.4 Å². The van der Waals surface area contributed by atoms with Crippen LogP contribution in [-0.4, -0.2) is 44.1 Å². The lowest BCUT2D eigenvalue weighted by molar-refractivity contribution is -0.757. The second kappa shape index (κ2) is 8.35. The molecule has 0 bridgehead atoms. The Morgan fingerprint density at radius 2 is 2.19 bits per heavy atom. The number of hydrogen-bond donors (Lipinski definition) is 1. The fourth-order valence-electron chi connectivity index (χ4n) is 1.38. The van der Waals surface area contributed by atoms with Gasteiger partial charge in [-0.25, -0.2) is 0 Å². The van der Waals surface area contributed by atoms with Gasteiger partial charge in [0.25, 0.3) is 11.0 Å². The van der Waals surface area contributed by atoms with Crippen LogP contribution < -0.4 is 14.8 Å². The summed E-state index contributed by atoms with van der Waals surface area (Å²) < 4.78 is 10.3. The van der Waals surface area contributed by atoms with Crippen LogP contribution >= 0.6 is 0 Å². The summed E-state index contributed by atoms with van der Waals surface area (Å²) >= 11 is 0. The Labute approximate surface area is 119 Å². The number of nitrogens with zero attached hydrogens (tertiary/aromatic N) is 1. The second-order valence-corrected chi connectivity index (χ2v) is 3.72. The number of carbonyl (C=O) groups excluding carboxylic acids is 2. The van der Waals surface area contributed by atoms with Crippen molar-refractivity contribution in [1.82, 2.24) is 5.32 Å². The fraction of sp³-hybridized carbons (Fsp3) is 0.333. The molecule has 0 heterocycles. The molecule has 1 aromatic rings. The summed E-state index contributed by atoms with van der Waals surface area (Å²) in [4.78, 5) is 36.0. The molecule has 1 amide bonds. The minimum absolute atomic E-state index is 0.00954. The van der Waals surface area contributed by atoms with Crippen molar-refractivity contribution < 1.29 is 29.0 Å². The van der Waals surface area contributed by atoms with Gasteiger partial charge in [-0.3, -0.25) is 9.59 Å². The lowest BCUT2D eigenvalue weighted by Crippen LogP contribution is -2.32. The van der Waals surface area contributed by atoms with Gasteiger partial charge in [0.05, 0.1) is 7.11 Å². The van der Waals surface area contributed by atoms with Gasteiger partial charge in [-0.15, -0.1) is 10.1 Å². The molecule has 0 spiro atoms. The average molecular weight is 298 g/mol. The van der Waals surface area contributed by atoms with Crippen LogP contribution in [0.25, 0.3) is 0 Å². The molecular formula is C12H14N2O7. The first-order valence-corrected chi connectivity index (χ1v) is 5.87. The van der Waals surface area contributed by atoms with Gasteiger partial charge in [0.2, 0.25) is 0 Å². The zero-order chi connectivity index (χ0) is 15.7. The predicted molar refractivity (Wildman–Crippen MR) is 69.8 cm³/mol. The van der Waals surface area contributed by atoms with Gasteiger partial charge in [-0.05, 0) is 18.2 Å². The highest BCUT2D eigenvalue weighted by Gasteiger charge is 2.08. The van der Waals surface area contributed by atoms with Crippen LogP contribution in [0, 0.1) is 10.1 Å². The predicted octanol–water partition coefficient (Wildman–Crippen LogP) is 0.211. The van der Waals surface area contributed by atoms with Gasteiger partial charge in [0, 0.05) is 12.1 Å². The van der Waals surface area contributed by atoms with Gasteiger partial charge in [0.1, 0.15) is 12.9 Å². The highest BCUT2D eigenvalue weighted by Crippen LogP contribution is 2.27. The number of rotatable bonds is 9. The number of amides is 1. The van der Waals surface area contributed by atoms with E-state index in [2.05, 4.69) is 10.2 Å². The number of methoxy groups -OCH3 is 1. The van der Waals surface area contributed by atoms with Crippen LogP contribution in [-0.2, 0) is 9.63 Å². The highest BCUT2D eigenvalue weighted by molar-refractivity contribution is 5.78. The topological polar surface area (TPSA) is 117 Å². The summed E-state index contributed by atoms with van der Waals surface area (Å²) in [6, 6.07) is 4.50. The van der Waals surface area contributed by atoms with Crippen molar-refractivity contribution in [3.63, 3.8) is 0 Å². The van der Waals surface area contributed by atoms with Crippen molar-refractivity contribution in [2.45, 2.75) is 0 Å². The third kappa shape index (κ3) is 5.76. The Balaban J connectivity index is 2.42. The third-order valence-corrected chi connectivity index (χ3v) is 2.30. The van der Waals surface area contributed by atoms with E-state index in [4.69, 9.17) is 9.47 Å².